The summed E-state index contributed by atoms with van der Waals surface area (Å²) in [5.41, 5.74) is 6.69. The summed E-state index contributed by atoms with van der Waals surface area (Å²) in [4.78, 5) is 28.3. The Bertz CT molecular complexity index is 596. The van der Waals surface area contributed by atoms with Crippen molar-refractivity contribution in [1.82, 2.24) is 9.80 Å². The van der Waals surface area contributed by atoms with Crippen molar-refractivity contribution in [3.8, 4) is 0 Å². The molecule has 1 aromatic rings. The van der Waals surface area contributed by atoms with Gasteiger partial charge in [-0.25, -0.2) is 0 Å². The zero-order valence-corrected chi connectivity index (χ0v) is 14.8. The van der Waals surface area contributed by atoms with Crippen LogP contribution in [0.1, 0.15) is 12.5 Å². The van der Waals surface area contributed by atoms with Crippen LogP contribution in [0.15, 0.2) is 24.3 Å². The molecule has 0 radical (unpaired) electrons. The smallest absolute Gasteiger partial charge is 0.242 e. The second-order valence-electron chi connectivity index (χ2n) is 6.09. The fourth-order valence-corrected chi connectivity index (χ4v) is 3.15. The highest BCUT2D eigenvalue weighted by Crippen LogP contribution is 2.15. The highest BCUT2D eigenvalue weighted by molar-refractivity contribution is 6.30. The Morgan fingerprint density at radius 1 is 1.42 bits per heavy atom. The summed E-state index contributed by atoms with van der Waals surface area (Å²) in [6.07, 6.45) is 0.308. The van der Waals surface area contributed by atoms with E-state index in [0.717, 1.165) is 5.56 Å². The third-order valence-electron chi connectivity index (χ3n) is 4.17. The first-order valence-electron chi connectivity index (χ1n) is 7.99. The van der Waals surface area contributed by atoms with E-state index < -0.39 is 6.04 Å². The van der Waals surface area contributed by atoms with Gasteiger partial charge in [0.05, 0.1) is 13.0 Å². The molecule has 24 heavy (non-hydrogen) atoms. The fourth-order valence-electron chi connectivity index (χ4n) is 2.94. The first-order valence-corrected chi connectivity index (χ1v) is 8.37. The number of carbonyl (C=O) groups excluding carboxylic acids is 2. The molecule has 1 aromatic carbocycles. The number of amides is 2. The lowest BCUT2D eigenvalue weighted by molar-refractivity contribution is -0.143. The Balaban J connectivity index is 1.93. The highest BCUT2D eigenvalue weighted by Gasteiger charge is 2.31. The van der Waals surface area contributed by atoms with Gasteiger partial charge in [-0.15, -0.1) is 0 Å². The van der Waals surface area contributed by atoms with E-state index in [1.165, 1.54) is 7.11 Å². The SMILES string of the molecule is COCC(N)C(=O)N1CCN(C(=O)Cc2cccc(Cl)c2)C(C)C1. The second kappa shape index (κ2) is 8.46. The Labute approximate surface area is 147 Å². The maximum Gasteiger partial charge on any atom is 0.242 e. The minimum absolute atomic E-state index is 0.0399. The van der Waals surface area contributed by atoms with Crippen LogP contribution in [0.3, 0.4) is 0 Å². The minimum Gasteiger partial charge on any atom is -0.383 e. The topological polar surface area (TPSA) is 75.9 Å². The van der Waals surface area contributed by atoms with Gasteiger partial charge in [-0.2, -0.15) is 0 Å². The quantitative estimate of drug-likeness (QED) is 0.854. The van der Waals surface area contributed by atoms with Gasteiger partial charge in [0, 0.05) is 37.8 Å². The number of hydrogen-bond acceptors (Lipinski definition) is 4. The Kier molecular flexibility index (Phi) is 6.60. The van der Waals surface area contributed by atoms with E-state index in [4.69, 9.17) is 22.1 Å². The van der Waals surface area contributed by atoms with Crippen LogP contribution >= 0.6 is 11.6 Å². The number of nitrogens with zero attached hydrogens (tertiary/aromatic N) is 2. The number of methoxy groups -OCH3 is 1. The first-order chi connectivity index (χ1) is 11.4. The number of hydrogen-bond donors (Lipinski definition) is 1. The van der Waals surface area contributed by atoms with Gasteiger partial charge in [0.2, 0.25) is 11.8 Å². The van der Waals surface area contributed by atoms with Gasteiger partial charge in [0.15, 0.2) is 0 Å². The molecule has 1 aliphatic rings. The van der Waals surface area contributed by atoms with Gasteiger partial charge in [0.25, 0.3) is 0 Å². The molecule has 2 rings (SSSR count). The summed E-state index contributed by atoms with van der Waals surface area (Å²) in [5, 5.41) is 0.621. The number of nitrogens with two attached hydrogens (primary N) is 1. The summed E-state index contributed by atoms with van der Waals surface area (Å²) >= 11 is 5.96. The monoisotopic (exact) mass is 353 g/mol. The second-order valence-corrected chi connectivity index (χ2v) is 6.53. The highest BCUT2D eigenvalue weighted by atomic mass is 35.5. The molecule has 2 N–H and O–H groups in total. The maximum atomic E-state index is 12.5. The molecule has 0 aliphatic carbocycles. The van der Waals surface area contributed by atoms with E-state index in [1.54, 1.807) is 17.0 Å². The van der Waals surface area contributed by atoms with Gasteiger partial charge in [-0.05, 0) is 24.6 Å². The van der Waals surface area contributed by atoms with E-state index in [0.29, 0.717) is 31.1 Å². The summed E-state index contributed by atoms with van der Waals surface area (Å²) < 4.78 is 4.93. The molecule has 2 unspecified atom stereocenters. The van der Waals surface area contributed by atoms with E-state index >= 15 is 0 Å². The molecule has 0 saturated carbocycles. The van der Waals surface area contributed by atoms with Crippen LogP contribution in [-0.4, -0.2) is 67.0 Å². The summed E-state index contributed by atoms with van der Waals surface area (Å²) in [7, 11) is 1.52. The first kappa shape index (κ1) is 18.7. The fraction of sp³-hybridized carbons (Fsp3) is 0.529. The Morgan fingerprint density at radius 3 is 2.79 bits per heavy atom. The van der Waals surface area contributed by atoms with Crippen molar-refractivity contribution >= 4 is 23.4 Å². The lowest BCUT2D eigenvalue weighted by atomic mass is 10.1. The molecule has 2 amide bonds. The van der Waals surface area contributed by atoms with Crippen molar-refractivity contribution in [2.45, 2.75) is 25.4 Å². The molecule has 0 bridgehead atoms. The van der Waals surface area contributed by atoms with E-state index in [-0.39, 0.29) is 24.5 Å². The van der Waals surface area contributed by atoms with Crippen molar-refractivity contribution in [3.63, 3.8) is 0 Å². The predicted molar refractivity (Wildman–Crippen MR) is 92.8 cm³/mol. The van der Waals surface area contributed by atoms with Gasteiger partial charge >= 0.3 is 0 Å². The molecular weight excluding hydrogens is 330 g/mol. The molecule has 2 atom stereocenters. The number of ether oxygens (including phenoxy) is 1. The van der Waals surface area contributed by atoms with Crippen LogP contribution in [-0.2, 0) is 20.7 Å². The molecule has 1 saturated heterocycles. The zero-order valence-electron chi connectivity index (χ0n) is 14.1. The van der Waals surface area contributed by atoms with Crippen LogP contribution in [0, 0.1) is 0 Å². The van der Waals surface area contributed by atoms with Crippen LogP contribution in [0.4, 0.5) is 0 Å². The summed E-state index contributed by atoms with van der Waals surface area (Å²) in [6, 6.07) is 6.60. The molecule has 0 aromatic heterocycles. The van der Waals surface area contributed by atoms with E-state index in [1.807, 2.05) is 24.0 Å². The third kappa shape index (κ3) is 4.69. The van der Waals surface area contributed by atoms with E-state index in [9.17, 15) is 9.59 Å². The van der Waals surface area contributed by atoms with Gasteiger partial charge < -0.3 is 20.3 Å². The largest absolute Gasteiger partial charge is 0.383 e. The molecular formula is C17H24ClN3O3. The zero-order chi connectivity index (χ0) is 17.7. The maximum absolute atomic E-state index is 12.5. The van der Waals surface area contributed by atoms with Crippen LogP contribution < -0.4 is 5.73 Å². The third-order valence-corrected chi connectivity index (χ3v) is 4.40. The Hall–Kier alpha value is -1.63. The number of carbonyl (C=O) groups is 2. The Morgan fingerprint density at radius 2 is 2.17 bits per heavy atom. The van der Waals surface area contributed by atoms with Gasteiger partial charge in [0.1, 0.15) is 6.04 Å². The minimum atomic E-state index is -0.657. The van der Waals surface area contributed by atoms with Crippen molar-refractivity contribution in [1.29, 1.82) is 0 Å². The van der Waals surface area contributed by atoms with Crippen LogP contribution in [0.5, 0.6) is 0 Å². The molecule has 7 heteroatoms. The number of benzene rings is 1. The van der Waals surface area contributed by atoms with Gasteiger partial charge in [-0.1, -0.05) is 23.7 Å². The molecule has 0 spiro atoms. The van der Waals surface area contributed by atoms with E-state index in [2.05, 4.69) is 0 Å². The van der Waals surface area contributed by atoms with Gasteiger partial charge in [-0.3, -0.25) is 9.59 Å². The lowest BCUT2D eigenvalue weighted by Gasteiger charge is -2.40. The van der Waals surface area contributed by atoms with Crippen LogP contribution in [0.2, 0.25) is 5.02 Å². The molecule has 132 valence electrons. The molecule has 1 aliphatic heterocycles. The van der Waals surface area contributed by atoms with Crippen molar-refractivity contribution in [3.05, 3.63) is 34.9 Å². The molecule has 6 nitrogen and oxygen atoms in total. The molecule has 1 fully saturated rings. The normalized spacial score (nSPS) is 19.2. The lowest BCUT2D eigenvalue weighted by Crippen LogP contribution is -2.58. The van der Waals surface area contributed by atoms with Crippen molar-refractivity contribution in [2.75, 3.05) is 33.4 Å². The molecule has 1 heterocycles. The van der Waals surface area contributed by atoms with Crippen molar-refractivity contribution in [2.24, 2.45) is 5.73 Å². The number of rotatable bonds is 5. The summed E-state index contributed by atoms with van der Waals surface area (Å²) in [6.45, 7) is 3.61. The predicted octanol–water partition coefficient (Wildman–Crippen LogP) is 0.916. The average Bonchev–Trinajstić information content (AvgIpc) is 2.54. The van der Waals surface area contributed by atoms with Crippen LogP contribution in [0.25, 0.3) is 0 Å². The standard InChI is InChI=1S/C17H24ClN3O3/c1-12-10-20(17(23)15(19)11-24-2)6-7-21(12)16(22)9-13-4-3-5-14(18)8-13/h3-5,8,12,15H,6-7,9-11,19H2,1-2H3. The van der Waals surface area contributed by atoms with Crippen molar-refractivity contribution < 1.29 is 14.3 Å². The number of piperazine rings is 1. The number of halogens is 1. The average molecular weight is 354 g/mol. The summed E-state index contributed by atoms with van der Waals surface area (Å²) in [5.74, 6) is -0.0938.